The van der Waals surface area contributed by atoms with E-state index in [4.69, 9.17) is 11.6 Å². The van der Waals surface area contributed by atoms with Crippen LogP contribution >= 0.6 is 11.6 Å². The summed E-state index contributed by atoms with van der Waals surface area (Å²) in [7, 11) is -3.81. The van der Waals surface area contributed by atoms with Crippen LogP contribution in [0.15, 0.2) is 54.6 Å². The smallest absolute Gasteiger partial charge is 0.244 e. The molecule has 0 unspecified atom stereocenters. The lowest BCUT2D eigenvalue weighted by atomic mass is 10.1. The second kappa shape index (κ2) is 11.7. The van der Waals surface area contributed by atoms with E-state index in [1.807, 2.05) is 37.3 Å². The molecule has 34 heavy (non-hydrogen) atoms. The third kappa shape index (κ3) is 6.73. The molecule has 1 saturated carbocycles. The highest BCUT2D eigenvalue weighted by atomic mass is 35.5. The van der Waals surface area contributed by atoms with Gasteiger partial charge in [0.05, 0.1) is 17.0 Å². The van der Waals surface area contributed by atoms with E-state index in [-0.39, 0.29) is 29.2 Å². The minimum absolute atomic E-state index is 0.117. The van der Waals surface area contributed by atoms with Gasteiger partial charge >= 0.3 is 0 Å². The number of carbonyl (C=O) groups excluding carboxylic acids is 2. The maximum atomic E-state index is 13.6. The predicted molar refractivity (Wildman–Crippen MR) is 135 cm³/mol. The fourth-order valence-corrected chi connectivity index (χ4v) is 5.47. The molecule has 1 atom stereocenters. The topological polar surface area (TPSA) is 86.8 Å². The zero-order chi connectivity index (χ0) is 24.7. The molecule has 1 fully saturated rings. The zero-order valence-electron chi connectivity index (χ0n) is 19.6. The molecule has 1 N–H and O–H groups in total. The lowest BCUT2D eigenvalue weighted by Gasteiger charge is -2.33. The minimum Gasteiger partial charge on any atom is -0.352 e. The average Bonchev–Trinajstić information content (AvgIpc) is 3.31. The normalized spacial score (nSPS) is 15.0. The Morgan fingerprint density at radius 2 is 1.68 bits per heavy atom. The van der Waals surface area contributed by atoms with Gasteiger partial charge in [0, 0.05) is 12.6 Å². The minimum atomic E-state index is -3.81. The van der Waals surface area contributed by atoms with E-state index >= 15 is 0 Å². The van der Waals surface area contributed by atoms with Crippen molar-refractivity contribution in [2.75, 3.05) is 17.1 Å². The van der Waals surface area contributed by atoms with Crippen LogP contribution in [-0.4, -0.2) is 50.0 Å². The van der Waals surface area contributed by atoms with Crippen molar-refractivity contribution in [2.24, 2.45) is 0 Å². The van der Waals surface area contributed by atoms with Gasteiger partial charge in [-0.1, -0.05) is 73.8 Å². The number of benzene rings is 2. The Hall–Kier alpha value is -2.58. The Morgan fingerprint density at radius 3 is 2.26 bits per heavy atom. The average molecular weight is 506 g/mol. The number of nitrogens with one attached hydrogen (secondary N) is 1. The largest absolute Gasteiger partial charge is 0.352 e. The number of hydrogen-bond donors (Lipinski definition) is 1. The number of carbonyl (C=O) groups is 2. The highest BCUT2D eigenvalue weighted by molar-refractivity contribution is 7.92. The second-order valence-corrected chi connectivity index (χ2v) is 11.0. The highest BCUT2D eigenvalue weighted by Gasteiger charge is 2.33. The van der Waals surface area contributed by atoms with Gasteiger partial charge in [0.2, 0.25) is 21.8 Å². The fourth-order valence-electron chi connectivity index (χ4n) is 4.32. The van der Waals surface area contributed by atoms with E-state index in [2.05, 4.69) is 5.32 Å². The Morgan fingerprint density at radius 1 is 1.06 bits per heavy atom. The van der Waals surface area contributed by atoms with Crippen LogP contribution in [0, 0.1) is 0 Å². The van der Waals surface area contributed by atoms with Crippen LogP contribution in [-0.2, 0) is 26.2 Å². The third-order valence-electron chi connectivity index (χ3n) is 6.08. The first-order chi connectivity index (χ1) is 16.2. The van der Waals surface area contributed by atoms with Crippen LogP contribution in [0.1, 0.15) is 44.6 Å². The molecule has 0 aromatic heterocycles. The fraction of sp³-hybridized carbons (Fsp3) is 0.440. The van der Waals surface area contributed by atoms with E-state index in [0.717, 1.165) is 41.8 Å². The quantitative estimate of drug-likeness (QED) is 0.529. The molecular formula is C25H32ClN3O4S. The summed E-state index contributed by atoms with van der Waals surface area (Å²) in [5, 5.41) is 3.31. The maximum absolute atomic E-state index is 13.6. The van der Waals surface area contributed by atoms with Crippen molar-refractivity contribution in [1.29, 1.82) is 0 Å². The van der Waals surface area contributed by atoms with Crippen molar-refractivity contribution < 1.29 is 18.0 Å². The Bertz CT molecular complexity index is 1090. The molecule has 2 aromatic carbocycles. The van der Waals surface area contributed by atoms with E-state index in [1.165, 1.54) is 4.90 Å². The molecule has 1 aliphatic carbocycles. The van der Waals surface area contributed by atoms with E-state index < -0.39 is 28.5 Å². The van der Waals surface area contributed by atoms with Gasteiger partial charge in [0.15, 0.2) is 0 Å². The van der Waals surface area contributed by atoms with Crippen LogP contribution in [0.4, 0.5) is 5.69 Å². The Balaban J connectivity index is 1.91. The molecule has 3 rings (SSSR count). The summed E-state index contributed by atoms with van der Waals surface area (Å²) in [4.78, 5) is 28.3. The van der Waals surface area contributed by atoms with Gasteiger partial charge in [-0.05, 0) is 37.0 Å². The lowest BCUT2D eigenvalue weighted by Crippen LogP contribution is -2.53. The molecule has 2 amide bonds. The molecule has 0 radical (unpaired) electrons. The molecular weight excluding hydrogens is 474 g/mol. The molecule has 0 spiro atoms. The van der Waals surface area contributed by atoms with Gasteiger partial charge in [-0.15, -0.1) is 0 Å². The van der Waals surface area contributed by atoms with Crippen LogP contribution in [0.3, 0.4) is 0 Å². The predicted octanol–water partition coefficient (Wildman–Crippen LogP) is 3.97. The standard InChI is InChI=1S/C25H32ClN3O4S/c1-3-22(25(31)27-20-13-7-8-14-20)28(17-19-11-5-4-6-12-19)24(30)18-29(34(2,32)33)23-16-10-9-15-21(23)26/h4-6,9-12,15-16,20,22H,3,7-8,13-14,17-18H2,1-2H3,(H,27,31)/t22-/m0/s1. The Labute approximate surface area is 207 Å². The SMILES string of the molecule is CC[C@@H](C(=O)NC1CCCC1)N(Cc1ccccc1)C(=O)CN(c1ccccc1Cl)S(C)(=O)=O. The molecule has 0 bridgehead atoms. The van der Waals surface area contributed by atoms with Crippen LogP contribution < -0.4 is 9.62 Å². The first-order valence-corrected chi connectivity index (χ1v) is 13.8. The van der Waals surface area contributed by atoms with Gasteiger partial charge in [-0.2, -0.15) is 0 Å². The molecule has 0 saturated heterocycles. The van der Waals surface area contributed by atoms with Crippen molar-refractivity contribution in [3.05, 3.63) is 65.2 Å². The molecule has 7 nitrogen and oxygen atoms in total. The zero-order valence-corrected chi connectivity index (χ0v) is 21.2. The monoisotopic (exact) mass is 505 g/mol. The first-order valence-electron chi connectivity index (χ1n) is 11.6. The number of halogens is 1. The van der Waals surface area contributed by atoms with Crippen molar-refractivity contribution in [1.82, 2.24) is 10.2 Å². The summed E-state index contributed by atoms with van der Waals surface area (Å²) in [6, 6.07) is 15.2. The molecule has 0 aliphatic heterocycles. The number of amides is 2. The Kier molecular flexibility index (Phi) is 8.97. The third-order valence-corrected chi connectivity index (χ3v) is 7.53. The lowest BCUT2D eigenvalue weighted by molar-refractivity contribution is -0.140. The number of hydrogen-bond acceptors (Lipinski definition) is 4. The van der Waals surface area contributed by atoms with Gasteiger partial charge in [0.1, 0.15) is 12.6 Å². The summed E-state index contributed by atoms with van der Waals surface area (Å²) in [5.41, 5.74) is 1.08. The molecule has 2 aromatic rings. The molecule has 184 valence electrons. The van der Waals surface area contributed by atoms with E-state index in [9.17, 15) is 18.0 Å². The number of sulfonamides is 1. The second-order valence-electron chi connectivity index (χ2n) is 8.64. The van der Waals surface area contributed by atoms with Crippen LogP contribution in [0.25, 0.3) is 0 Å². The highest BCUT2D eigenvalue weighted by Crippen LogP contribution is 2.27. The van der Waals surface area contributed by atoms with Crippen molar-refractivity contribution in [3.63, 3.8) is 0 Å². The number of rotatable bonds is 10. The number of para-hydroxylation sites is 1. The summed E-state index contributed by atoms with van der Waals surface area (Å²) in [5.74, 6) is -0.676. The van der Waals surface area contributed by atoms with Crippen molar-refractivity contribution >= 4 is 39.1 Å². The van der Waals surface area contributed by atoms with Crippen LogP contribution in [0.2, 0.25) is 5.02 Å². The van der Waals surface area contributed by atoms with Crippen molar-refractivity contribution in [3.8, 4) is 0 Å². The molecule has 0 heterocycles. The summed E-state index contributed by atoms with van der Waals surface area (Å²) in [6.45, 7) is 1.59. The first kappa shape index (κ1) is 26.0. The van der Waals surface area contributed by atoms with Gasteiger partial charge in [-0.25, -0.2) is 8.42 Å². The van der Waals surface area contributed by atoms with Gasteiger partial charge < -0.3 is 10.2 Å². The summed E-state index contributed by atoms with van der Waals surface area (Å²) < 4.78 is 26.2. The van der Waals surface area contributed by atoms with E-state index in [1.54, 1.807) is 24.3 Å². The van der Waals surface area contributed by atoms with Gasteiger partial charge in [-0.3, -0.25) is 13.9 Å². The number of anilines is 1. The molecule has 1 aliphatic rings. The van der Waals surface area contributed by atoms with Crippen LogP contribution in [0.5, 0.6) is 0 Å². The molecule has 9 heteroatoms. The van der Waals surface area contributed by atoms with E-state index in [0.29, 0.717) is 6.42 Å². The maximum Gasteiger partial charge on any atom is 0.244 e. The van der Waals surface area contributed by atoms with Crippen molar-refractivity contribution in [2.45, 2.75) is 57.7 Å². The summed E-state index contributed by atoms with van der Waals surface area (Å²) in [6.07, 6.45) is 5.47. The van der Waals surface area contributed by atoms with Gasteiger partial charge in [0.25, 0.3) is 0 Å². The number of nitrogens with zero attached hydrogens (tertiary/aromatic N) is 2. The summed E-state index contributed by atoms with van der Waals surface area (Å²) >= 11 is 6.26.